The number of ether oxygens (including phenoxy) is 2. The molecule has 0 radical (unpaired) electrons. The van der Waals surface area contributed by atoms with Crippen molar-refractivity contribution >= 4 is 44.7 Å². The van der Waals surface area contributed by atoms with Gasteiger partial charge in [-0.3, -0.25) is 0 Å². The van der Waals surface area contributed by atoms with E-state index < -0.39 is 0 Å². The zero-order valence-electron chi connectivity index (χ0n) is 18.6. The number of carbonyl (C=O) groups excluding carboxylic acids is 1. The monoisotopic (exact) mass is 524 g/mol. The van der Waals surface area contributed by atoms with Crippen molar-refractivity contribution in [3.63, 3.8) is 0 Å². The number of halogens is 1. The minimum Gasteiger partial charge on any atom is -0.497 e. The van der Waals surface area contributed by atoms with Gasteiger partial charge in [0.25, 0.3) is 0 Å². The average molecular weight is 525 g/mol. The largest absolute Gasteiger partial charge is 0.497 e. The minimum absolute atomic E-state index is 0.324. The molecule has 0 N–H and O–H groups in total. The van der Waals surface area contributed by atoms with Crippen molar-refractivity contribution in [2.24, 2.45) is 0 Å². The van der Waals surface area contributed by atoms with Gasteiger partial charge in [0.05, 0.1) is 30.3 Å². The molecule has 3 aromatic carbocycles. The molecule has 0 unspecified atom stereocenters. The van der Waals surface area contributed by atoms with Gasteiger partial charge in [0.1, 0.15) is 5.75 Å². The first kappa shape index (κ1) is 23.4. The number of fused-ring (bicyclic) bond motifs is 1. The molecule has 0 saturated carbocycles. The highest BCUT2D eigenvalue weighted by atomic mass is 79.9. The Morgan fingerprint density at radius 1 is 1.09 bits per heavy atom. The molecule has 0 spiro atoms. The first-order valence-corrected chi connectivity index (χ1v) is 12.5. The third kappa shape index (κ3) is 5.60. The van der Waals surface area contributed by atoms with E-state index >= 15 is 0 Å². The van der Waals surface area contributed by atoms with Gasteiger partial charge in [-0.2, -0.15) is 0 Å². The van der Waals surface area contributed by atoms with Crippen molar-refractivity contribution in [3.05, 3.63) is 87.9 Å². The zero-order chi connectivity index (χ0) is 23.2. The van der Waals surface area contributed by atoms with Crippen LogP contribution in [0, 0.1) is 0 Å². The molecule has 33 heavy (non-hydrogen) atoms. The molecule has 0 bridgehead atoms. The fourth-order valence-electron chi connectivity index (χ4n) is 3.57. The maximum Gasteiger partial charge on any atom is 0.338 e. The standard InChI is InChI=1S/C26H25BrN2O3S/c1-3-32-25(30)19-10-13-24-23(16-19)28-26(33-17-20-6-4-5-7-22(20)27)29(24)15-14-18-8-11-21(31-2)12-9-18/h4-13,16H,3,14-15,17H2,1-2H3. The number of aromatic nitrogens is 2. The summed E-state index contributed by atoms with van der Waals surface area (Å²) in [6, 6.07) is 22.0. The molecule has 0 aliphatic rings. The van der Waals surface area contributed by atoms with Gasteiger partial charge in [0, 0.05) is 16.8 Å². The lowest BCUT2D eigenvalue weighted by Gasteiger charge is -2.10. The summed E-state index contributed by atoms with van der Waals surface area (Å²) < 4.78 is 13.7. The Balaban J connectivity index is 1.63. The summed E-state index contributed by atoms with van der Waals surface area (Å²) in [7, 11) is 1.67. The maximum atomic E-state index is 12.2. The average Bonchev–Trinajstić information content (AvgIpc) is 3.19. The Labute approximate surface area is 206 Å². The van der Waals surface area contributed by atoms with Crippen LogP contribution in [0.4, 0.5) is 0 Å². The fraction of sp³-hybridized carbons (Fsp3) is 0.231. The van der Waals surface area contributed by atoms with Crippen molar-refractivity contribution in [1.82, 2.24) is 9.55 Å². The summed E-state index contributed by atoms with van der Waals surface area (Å²) in [6.45, 7) is 2.93. The van der Waals surface area contributed by atoms with Crippen LogP contribution in [0.2, 0.25) is 0 Å². The predicted octanol–water partition coefficient (Wildman–Crippen LogP) is 6.52. The second kappa shape index (κ2) is 10.9. The van der Waals surface area contributed by atoms with Crippen molar-refractivity contribution in [3.8, 4) is 5.75 Å². The first-order valence-electron chi connectivity index (χ1n) is 10.8. The molecule has 4 aromatic rings. The van der Waals surface area contributed by atoms with Crippen LogP contribution >= 0.6 is 27.7 Å². The van der Waals surface area contributed by atoms with E-state index in [1.807, 2.05) is 48.5 Å². The quantitative estimate of drug-likeness (QED) is 0.184. The highest BCUT2D eigenvalue weighted by Gasteiger charge is 2.15. The Hall–Kier alpha value is -2.77. The third-order valence-electron chi connectivity index (χ3n) is 5.32. The van der Waals surface area contributed by atoms with Crippen molar-refractivity contribution in [1.29, 1.82) is 0 Å². The first-order chi connectivity index (χ1) is 16.1. The summed E-state index contributed by atoms with van der Waals surface area (Å²) >= 11 is 5.33. The second-order valence-electron chi connectivity index (χ2n) is 7.45. The van der Waals surface area contributed by atoms with E-state index in [1.54, 1.807) is 25.8 Å². The molecular formula is C26H25BrN2O3S. The molecule has 0 fully saturated rings. The summed E-state index contributed by atoms with van der Waals surface area (Å²) in [6.07, 6.45) is 0.859. The topological polar surface area (TPSA) is 53.3 Å². The van der Waals surface area contributed by atoms with E-state index in [2.05, 4.69) is 38.7 Å². The van der Waals surface area contributed by atoms with E-state index in [9.17, 15) is 4.79 Å². The van der Waals surface area contributed by atoms with Gasteiger partial charge < -0.3 is 14.0 Å². The van der Waals surface area contributed by atoms with Crippen LogP contribution in [0.25, 0.3) is 11.0 Å². The molecule has 1 aromatic heterocycles. The molecule has 170 valence electrons. The van der Waals surface area contributed by atoms with Crippen molar-refractivity contribution in [2.45, 2.75) is 30.8 Å². The Morgan fingerprint density at radius 2 is 1.88 bits per heavy atom. The molecule has 0 amide bonds. The van der Waals surface area contributed by atoms with Crippen LogP contribution in [0.3, 0.4) is 0 Å². The lowest BCUT2D eigenvalue weighted by atomic mass is 10.1. The summed E-state index contributed by atoms with van der Waals surface area (Å²) in [5.74, 6) is 1.32. The van der Waals surface area contributed by atoms with Gasteiger partial charge >= 0.3 is 5.97 Å². The SMILES string of the molecule is CCOC(=O)c1ccc2c(c1)nc(SCc1ccccc1Br)n2CCc1ccc(OC)cc1. The Morgan fingerprint density at radius 3 is 2.61 bits per heavy atom. The van der Waals surface area contributed by atoms with Crippen molar-refractivity contribution < 1.29 is 14.3 Å². The number of benzene rings is 3. The maximum absolute atomic E-state index is 12.2. The number of esters is 1. The number of imidazole rings is 1. The van der Waals surface area contributed by atoms with E-state index in [0.717, 1.165) is 45.1 Å². The molecule has 4 rings (SSSR count). The zero-order valence-corrected chi connectivity index (χ0v) is 21.0. The smallest absolute Gasteiger partial charge is 0.338 e. The van der Waals surface area contributed by atoms with Crippen LogP contribution in [-0.2, 0) is 23.5 Å². The van der Waals surface area contributed by atoms with Gasteiger partial charge in [-0.05, 0) is 60.9 Å². The van der Waals surface area contributed by atoms with Crippen LogP contribution in [0.15, 0.2) is 76.4 Å². The number of methoxy groups -OCH3 is 1. The summed E-state index contributed by atoms with van der Waals surface area (Å²) in [5.41, 5.74) is 4.76. The van der Waals surface area contributed by atoms with Crippen LogP contribution in [-0.4, -0.2) is 29.2 Å². The number of rotatable bonds is 9. The Kier molecular flexibility index (Phi) is 7.73. The van der Waals surface area contributed by atoms with E-state index in [-0.39, 0.29) is 5.97 Å². The van der Waals surface area contributed by atoms with Crippen LogP contribution in [0.1, 0.15) is 28.4 Å². The van der Waals surface area contributed by atoms with Gasteiger partial charge in [0.15, 0.2) is 5.16 Å². The van der Waals surface area contributed by atoms with Gasteiger partial charge in [-0.15, -0.1) is 0 Å². The number of hydrogen-bond donors (Lipinski definition) is 0. The molecule has 0 atom stereocenters. The molecule has 0 aliphatic carbocycles. The molecule has 5 nitrogen and oxygen atoms in total. The number of aryl methyl sites for hydroxylation is 2. The van der Waals surface area contributed by atoms with Gasteiger partial charge in [-0.25, -0.2) is 9.78 Å². The number of nitrogens with zero attached hydrogens (tertiary/aromatic N) is 2. The van der Waals surface area contributed by atoms with E-state index in [0.29, 0.717) is 12.2 Å². The third-order valence-corrected chi connectivity index (χ3v) is 7.12. The highest BCUT2D eigenvalue weighted by molar-refractivity contribution is 9.10. The summed E-state index contributed by atoms with van der Waals surface area (Å²) in [5, 5.41) is 0.926. The van der Waals surface area contributed by atoms with E-state index in [4.69, 9.17) is 14.5 Å². The number of thioether (sulfide) groups is 1. The minimum atomic E-state index is -0.324. The molecule has 0 saturated heterocycles. The van der Waals surface area contributed by atoms with Gasteiger partial charge in [-0.1, -0.05) is 58.0 Å². The molecule has 1 heterocycles. The van der Waals surface area contributed by atoms with E-state index in [1.165, 1.54) is 11.1 Å². The fourth-order valence-corrected chi connectivity index (χ4v) is 5.22. The predicted molar refractivity (Wildman–Crippen MR) is 136 cm³/mol. The molecule has 7 heteroatoms. The molecule has 0 aliphatic heterocycles. The number of hydrogen-bond acceptors (Lipinski definition) is 5. The van der Waals surface area contributed by atoms with Crippen LogP contribution < -0.4 is 4.74 Å². The normalized spacial score (nSPS) is 11.0. The number of carbonyl (C=O) groups is 1. The van der Waals surface area contributed by atoms with Gasteiger partial charge in [0.2, 0.25) is 0 Å². The molecular weight excluding hydrogens is 500 g/mol. The summed E-state index contributed by atoms with van der Waals surface area (Å²) in [4.78, 5) is 17.1. The second-order valence-corrected chi connectivity index (χ2v) is 9.24. The van der Waals surface area contributed by atoms with Crippen LogP contribution in [0.5, 0.6) is 5.75 Å². The highest BCUT2D eigenvalue weighted by Crippen LogP contribution is 2.30. The lowest BCUT2D eigenvalue weighted by Crippen LogP contribution is -2.05. The lowest BCUT2D eigenvalue weighted by molar-refractivity contribution is 0.0526. The Bertz CT molecular complexity index is 1250. The van der Waals surface area contributed by atoms with Crippen molar-refractivity contribution in [2.75, 3.05) is 13.7 Å².